The number of carbonyl (C=O) groups is 1. The van der Waals surface area contributed by atoms with Crippen molar-refractivity contribution in [2.45, 2.75) is 18.7 Å². The number of halogens is 1. The van der Waals surface area contributed by atoms with Crippen LogP contribution in [0.2, 0.25) is 5.02 Å². The molecule has 0 atom stereocenters. The van der Waals surface area contributed by atoms with Crippen LogP contribution in [-0.2, 0) is 10.0 Å². The van der Waals surface area contributed by atoms with E-state index in [0.717, 1.165) is 5.56 Å². The maximum absolute atomic E-state index is 12.6. The van der Waals surface area contributed by atoms with Crippen LogP contribution in [0, 0.1) is 13.8 Å². The number of hydrogen-bond donors (Lipinski definition) is 2. The normalized spacial score (nSPS) is 11.1. The van der Waals surface area contributed by atoms with Crippen LogP contribution in [0.4, 0.5) is 11.4 Å². The van der Waals surface area contributed by atoms with Gasteiger partial charge in [0, 0.05) is 16.3 Å². The zero-order chi connectivity index (χ0) is 20.3. The first-order valence-electron chi connectivity index (χ1n) is 8.52. The van der Waals surface area contributed by atoms with E-state index in [2.05, 4.69) is 10.0 Å². The minimum atomic E-state index is -3.75. The third-order valence-corrected chi connectivity index (χ3v) is 5.85. The van der Waals surface area contributed by atoms with Gasteiger partial charge in [-0.05, 0) is 67.4 Å². The van der Waals surface area contributed by atoms with Crippen LogP contribution >= 0.6 is 11.6 Å². The Balaban J connectivity index is 1.86. The standard InChI is InChI=1S/C21H19ClN2O3S/c1-14-8-9-16(21(25)23-19-11-10-17(22)12-15(19)2)13-20(14)24-28(26,27)18-6-4-3-5-7-18/h3-13,24H,1-2H3,(H,23,25). The summed E-state index contributed by atoms with van der Waals surface area (Å²) in [6, 6.07) is 18.1. The summed E-state index contributed by atoms with van der Waals surface area (Å²) in [7, 11) is -3.75. The first-order chi connectivity index (χ1) is 13.3. The summed E-state index contributed by atoms with van der Waals surface area (Å²) in [4.78, 5) is 12.8. The van der Waals surface area contributed by atoms with Crippen molar-refractivity contribution in [2.24, 2.45) is 0 Å². The molecule has 3 rings (SSSR count). The van der Waals surface area contributed by atoms with Gasteiger partial charge < -0.3 is 5.32 Å². The Hall–Kier alpha value is -2.83. The van der Waals surface area contributed by atoms with Crippen LogP contribution in [0.5, 0.6) is 0 Å². The molecule has 0 aliphatic rings. The van der Waals surface area contributed by atoms with E-state index in [1.54, 1.807) is 55.5 Å². The van der Waals surface area contributed by atoms with Crippen molar-refractivity contribution in [3.63, 3.8) is 0 Å². The highest BCUT2D eigenvalue weighted by Gasteiger charge is 2.16. The molecule has 0 aliphatic carbocycles. The molecule has 0 saturated heterocycles. The number of hydrogen-bond acceptors (Lipinski definition) is 3. The number of aryl methyl sites for hydroxylation is 2. The van der Waals surface area contributed by atoms with Crippen LogP contribution < -0.4 is 10.0 Å². The van der Waals surface area contributed by atoms with Crippen molar-refractivity contribution in [3.8, 4) is 0 Å². The fraction of sp³-hybridized carbons (Fsp3) is 0.0952. The smallest absolute Gasteiger partial charge is 0.261 e. The van der Waals surface area contributed by atoms with Crippen LogP contribution in [-0.4, -0.2) is 14.3 Å². The van der Waals surface area contributed by atoms with Crippen molar-refractivity contribution in [1.29, 1.82) is 0 Å². The average Bonchev–Trinajstić information content (AvgIpc) is 2.66. The van der Waals surface area contributed by atoms with Gasteiger partial charge in [0.1, 0.15) is 0 Å². The van der Waals surface area contributed by atoms with Gasteiger partial charge in [-0.2, -0.15) is 0 Å². The molecule has 0 spiro atoms. The Kier molecular flexibility index (Phi) is 5.72. The lowest BCUT2D eigenvalue weighted by Gasteiger charge is -2.13. The topological polar surface area (TPSA) is 75.3 Å². The predicted molar refractivity (Wildman–Crippen MR) is 113 cm³/mol. The zero-order valence-electron chi connectivity index (χ0n) is 15.4. The molecule has 144 valence electrons. The van der Waals surface area contributed by atoms with Gasteiger partial charge in [-0.25, -0.2) is 8.42 Å². The second-order valence-electron chi connectivity index (χ2n) is 6.36. The second kappa shape index (κ2) is 8.04. The van der Waals surface area contributed by atoms with E-state index in [0.29, 0.717) is 27.5 Å². The zero-order valence-corrected chi connectivity index (χ0v) is 16.9. The minimum absolute atomic E-state index is 0.154. The van der Waals surface area contributed by atoms with Gasteiger partial charge in [-0.15, -0.1) is 0 Å². The van der Waals surface area contributed by atoms with E-state index >= 15 is 0 Å². The molecule has 0 radical (unpaired) electrons. The summed E-state index contributed by atoms with van der Waals surface area (Å²) in [6.07, 6.45) is 0. The van der Waals surface area contributed by atoms with Crippen LogP contribution in [0.15, 0.2) is 71.6 Å². The molecule has 0 aliphatic heterocycles. The molecule has 0 fully saturated rings. The first-order valence-corrected chi connectivity index (χ1v) is 10.4. The monoisotopic (exact) mass is 414 g/mol. The fourth-order valence-corrected chi connectivity index (χ4v) is 4.01. The number of amides is 1. The van der Waals surface area contributed by atoms with Crippen LogP contribution in [0.1, 0.15) is 21.5 Å². The second-order valence-corrected chi connectivity index (χ2v) is 8.48. The van der Waals surface area contributed by atoms with Gasteiger partial charge in [-0.1, -0.05) is 35.9 Å². The molecule has 0 aromatic heterocycles. The van der Waals surface area contributed by atoms with Gasteiger partial charge in [0.25, 0.3) is 15.9 Å². The van der Waals surface area contributed by atoms with Crippen molar-refractivity contribution in [1.82, 2.24) is 0 Å². The van der Waals surface area contributed by atoms with Crippen molar-refractivity contribution >= 4 is 38.9 Å². The van der Waals surface area contributed by atoms with Gasteiger partial charge in [0.05, 0.1) is 10.6 Å². The van der Waals surface area contributed by atoms with Gasteiger partial charge in [0.2, 0.25) is 0 Å². The lowest BCUT2D eigenvalue weighted by molar-refractivity contribution is 0.102. The molecule has 1 amide bonds. The molecule has 0 unspecified atom stereocenters. The molecule has 0 saturated carbocycles. The molecule has 3 aromatic rings. The minimum Gasteiger partial charge on any atom is -0.322 e. The van der Waals surface area contributed by atoms with Gasteiger partial charge in [0.15, 0.2) is 0 Å². The Morgan fingerprint density at radius 2 is 1.57 bits per heavy atom. The van der Waals surface area contributed by atoms with E-state index in [4.69, 9.17) is 11.6 Å². The number of anilines is 2. The Morgan fingerprint density at radius 3 is 2.25 bits per heavy atom. The highest BCUT2D eigenvalue weighted by molar-refractivity contribution is 7.92. The number of rotatable bonds is 5. The Bertz CT molecular complexity index is 1130. The lowest BCUT2D eigenvalue weighted by Crippen LogP contribution is -2.16. The Morgan fingerprint density at radius 1 is 0.857 bits per heavy atom. The summed E-state index contributed by atoms with van der Waals surface area (Å²) < 4.78 is 27.7. The van der Waals surface area contributed by atoms with Crippen LogP contribution in [0.25, 0.3) is 0 Å². The molecule has 0 bridgehead atoms. The molecule has 3 aromatic carbocycles. The number of nitrogens with one attached hydrogen (secondary N) is 2. The van der Waals surface area contributed by atoms with E-state index in [1.807, 2.05) is 6.92 Å². The van der Waals surface area contributed by atoms with Crippen molar-refractivity contribution in [2.75, 3.05) is 10.0 Å². The average molecular weight is 415 g/mol. The van der Waals surface area contributed by atoms with Gasteiger partial charge in [-0.3, -0.25) is 9.52 Å². The largest absolute Gasteiger partial charge is 0.322 e. The SMILES string of the molecule is Cc1cc(Cl)ccc1NC(=O)c1ccc(C)c(NS(=O)(=O)c2ccccc2)c1. The molecule has 0 heterocycles. The van der Waals surface area contributed by atoms with E-state index < -0.39 is 10.0 Å². The van der Waals surface area contributed by atoms with Crippen molar-refractivity contribution in [3.05, 3.63) is 88.4 Å². The van der Waals surface area contributed by atoms with Crippen molar-refractivity contribution < 1.29 is 13.2 Å². The van der Waals surface area contributed by atoms with Crippen LogP contribution in [0.3, 0.4) is 0 Å². The van der Waals surface area contributed by atoms with E-state index in [-0.39, 0.29) is 10.8 Å². The van der Waals surface area contributed by atoms with E-state index in [9.17, 15) is 13.2 Å². The maximum atomic E-state index is 12.6. The highest BCUT2D eigenvalue weighted by Crippen LogP contribution is 2.23. The fourth-order valence-electron chi connectivity index (χ4n) is 2.64. The Labute approximate surface area is 169 Å². The summed E-state index contributed by atoms with van der Waals surface area (Å²) in [5.41, 5.74) is 2.87. The molecule has 5 nitrogen and oxygen atoms in total. The third kappa shape index (κ3) is 4.52. The summed E-state index contributed by atoms with van der Waals surface area (Å²) in [5.74, 6) is -0.342. The quantitative estimate of drug-likeness (QED) is 0.616. The molecule has 7 heteroatoms. The van der Waals surface area contributed by atoms with E-state index in [1.165, 1.54) is 18.2 Å². The third-order valence-electron chi connectivity index (χ3n) is 4.23. The molecule has 2 N–H and O–H groups in total. The van der Waals surface area contributed by atoms with Gasteiger partial charge >= 0.3 is 0 Å². The summed E-state index contributed by atoms with van der Waals surface area (Å²) in [5, 5.41) is 3.41. The molecular weight excluding hydrogens is 396 g/mol. The molecule has 28 heavy (non-hydrogen) atoms. The first kappa shape index (κ1) is 19.9. The number of carbonyl (C=O) groups excluding carboxylic acids is 1. The maximum Gasteiger partial charge on any atom is 0.261 e. The summed E-state index contributed by atoms with van der Waals surface area (Å²) >= 11 is 5.94. The summed E-state index contributed by atoms with van der Waals surface area (Å²) in [6.45, 7) is 3.62. The predicted octanol–water partition coefficient (Wildman–Crippen LogP) is 5.01. The highest BCUT2D eigenvalue weighted by atomic mass is 35.5. The number of sulfonamides is 1. The lowest BCUT2D eigenvalue weighted by atomic mass is 10.1. The molecular formula is C21H19ClN2O3S. The number of benzene rings is 3.